The van der Waals surface area contributed by atoms with E-state index in [-0.39, 0.29) is 40.6 Å². The van der Waals surface area contributed by atoms with E-state index in [9.17, 15) is 0 Å². The average molecular weight is 429 g/mol. The van der Waals surface area contributed by atoms with Gasteiger partial charge in [0.25, 0.3) is 0 Å². The second-order valence-corrected chi connectivity index (χ2v) is 7.88. The Bertz CT molecular complexity index is 1140. The minimum absolute atomic E-state index is 0.0156. The van der Waals surface area contributed by atoms with Crippen LogP contribution in [0, 0.1) is 5.92 Å². The molecule has 0 aromatic carbocycles. The van der Waals surface area contributed by atoms with Crippen LogP contribution in [0.25, 0.3) is 11.2 Å². The highest BCUT2D eigenvalue weighted by Gasteiger charge is 2.27. The first-order chi connectivity index (χ1) is 14.5. The van der Waals surface area contributed by atoms with Gasteiger partial charge in [-0.15, -0.1) is 0 Å². The Morgan fingerprint density at radius 2 is 1.90 bits per heavy atom. The van der Waals surface area contributed by atoms with Gasteiger partial charge < -0.3 is 31.8 Å². The van der Waals surface area contributed by atoms with E-state index in [1.807, 2.05) is 4.57 Å². The molecule has 0 amide bonds. The molecule has 2 aliphatic rings. The minimum Gasteiger partial charge on any atom is -0.475 e. The highest BCUT2D eigenvalue weighted by Crippen LogP contribution is 2.34. The highest BCUT2D eigenvalue weighted by molar-refractivity contribution is 6.32. The standard InChI is InChI=1S/C18H21ClN10O/c19-13-11(20)16(28-17(21)25-13)30-6-8-1-4-10(5-8)29-7-23-12-14(24-9-2-3-9)26-18(22)27-15(12)29/h1,4,7-10H,2-3,5-6,20H2,(H2,21,25,28)(H3,22,24,26,27)/t8-,10-/m0/s1. The van der Waals surface area contributed by atoms with Gasteiger partial charge in [-0.25, -0.2) is 4.98 Å². The fourth-order valence-electron chi connectivity index (χ4n) is 3.51. The van der Waals surface area contributed by atoms with Crippen molar-refractivity contribution in [2.45, 2.75) is 31.3 Å². The number of nitrogens with one attached hydrogen (secondary N) is 1. The van der Waals surface area contributed by atoms with Crippen LogP contribution in [-0.4, -0.2) is 42.1 Å². The highest BCUT2D eigenvalue weighted by atomic mass is 35.5. The number of anilines is 4. The lowest BCUT2D eigenvalue weighted by molar-refractivity contribution is 0.259. The summed E-state index contributed by atoms with van der Waals surface area (Å²) in [6, 6.07) is 0.514. The molecule has 3 heterocycles. The summed E-state index contributed by atoms with van der Waals surface area (Å²) in [6.07, 6.45) is 9.03. The van der Waals surface area contributed by atoms with Crippen molar-refractivity contribution in [2.75, 3.05) is 29.1 Å². The van der Waals surface area contributed by atoms with Crippen LogP contribution >= 0.6 is 11.6 Å². The number of fused-ring (bicyclic) bond motifs is 1. The largest absolute Gasteiger partial charge is 0.475 e. The Labute approximate surface area is 176 Å². The van der Waals surface area contributed by atoms with Gasteiger partial charge in [-0.2, -0.15) is 19.9 Å². The van der Waals surface area contributed by atoms with E-state index in [0.29, 0.717) is 24.1 Å². The van der Waals surface area contributed by atoms with Gasteiger partial charge >= 0.3 is 0 Å². The summed E-state index contributed by atoms with van der Waals surface area (Å²) < 4.78 is 7.76. The molecule has 2 atom stereocenters. The van der Waals surface area contributed by atoms with Crippen LogP contribution in [0.15, 0.2) is 18.5 Å². The first-order valence-corrected chi connectivity index (χ1v) is 10.0. The van der Waals surface area contributed by atoms with Crippen LogP contribution in [0.1, 0.15) is 25.3 Å². The Hall–Kier alpha value is -3.34. The van der Waals surface area contributed by atoms with Gasteiger partial charge in [0.2, 0.25) is 17.8 Å². The summed E-state index contributed by atoms with van der Waals surface area (Å²) in [5, 5.41) is 3.45. The van der Waals surface area contributed by atoms with Crippen molar-refractivity contribution in [1.82, 2.24) is 29.5 Å². The van der Waals surface area contributed by atoms with Gasteiger partial charge in [0, 0.05) is 12.0 Å². The fourth-order valence-corrected chi connectivity index (χ4v) is 3.68. The lowest BCUT2D eigenvalue weighted by Crippen LogP contribution is -2.14. The average Bonchev–Trinajstić information content (AvgIpc) is 3.22. The third-order valence-corrected chi connectivity index (χ3v) is 5.47. The minimum atomic E-state index is 0.0156. The Kier molecular flexibility index (Phi) is 4.46. The zero-order chi connectivity index (χ0) is 20.8. The van der Waals surface area contributed by atoms with Crippen LogP contribution < -0.4 is 27.3 Å². The molecule has 3 aromatic heterocycles. The number of ether oxygens (including phenoxy) is 1. The molecule has 0 saturated heterocycles. The van der Waals surface area contributed by atoms with Crippen molar-refractivity contribution < 1.29 is 4.74 Å². The number of halogens is 1. The first-order valence-electron chi connectivity index (χ1n) is 9.64. The fraction of sp³-hybridized carbons (Fsp3) is 0.389. The van der Waals surface area contributed by atoms with E-state index in [1.165, 1.54) is 0 Å². The Morgan fingerprint density at radius 3 is 2.70 bits per heavy atom. The summed E-state index contributed by atoms with van der Waals surface area (Å²) in [5.41, 5.74) is 19.0. The predicted octanol–water partition coefficient (Wildman–Crippen LogP) is 1.79. The predicted molar refractivity (Wildman–Crippen MR) is 114 cm³/mol. The lowest BCUT2D eigenvalue weighted by Gasteiger charge is -2.15. The molecule has 2 aliphatic carbocycles. The van der Waals surface area contributed by atoms with E-state index in [4.69, 9.17) is 33.5 Å². The van der Waals surface area contributed by atoms with Crippen molar-refractivity contribution in [3.63, 3.8) is 0 Å². The maximum atomic E-state index is 5.94. The van der Waals surface area contributed by atoms with Crippen LogP contribution in [0.5, 0.6) is 5.88 Å². The van der Waals surface area contributed by atoms with Crippen molar-refractivity contribution in [1.29, 1.82) is 0 Å². The van der Waals surface area contributed by atoms with Crippen molar-refractivity contribution in [3.8, 4) is 5.88 Å². The number of nitrogens with zero attached hydrogens (tertiary/aromatic N) is 6. The number of aromatic nitrogens is 6. The van der Waals surface area contributed by atoms with Gasteiger partial charge in [-0.05, 0) is 19.3 Å². The molecule has 12 heteroatoms. The molecule has 5 rings (SSSR count). The number of hydrogen-bond donors (Lipinski definition) is 4. The summed E-state index contributed by atoms with van der Waals surface area (Å²) in [5.74, 6) is 1.26. The zero-order valence-corrected chi connectivity index (χ0v) is 16.8. The summed E-state index contributed by atoms with van der Waals surface area (Å²) >= 11 is 5.93. The second kappa shape index (κ2) is 7.17. The van der Waals surface area contributed by atoms with Crippen LogP contribution in [0.2, 0.25) is 5.15 Å². The Balaban J connectivity index is 1.31. The third kappa shape index (κ3) is 3.52. The SMILES string of the molecule is Nc1nc(Cl)c(N)c(OC[C@H]2C=C[C@H](n3cnc4c(NC5CC5)nc(N)nc43)C2)n1. The van der Waals surface area contributed by atoms with E-state index in [0.717, 1.165) is 24.8 Å². The number of hydrogen-bond acceptors (Lipinski definition) is 10. The summed E-state index contributed by atoms with van der Waals surface area (Å²) in [4.78, 5) is 21.1. The van der Waals surface area contributed by atoms with Gasteiger partial charge in [0.15, 0.2) is 22.1 Å². The number of imidazole rings is 1. The molecule has 11 nitrogen and oxygen atoms in total. The van der Waals surface area contributed by atoms with Gasteiger partial charge in [0.05, 0.1) is 19.0 Å². The van der Waals surface area contributed by atoms with Gasteiger partial charge in [-0.1, -0.05) is 23.8 Å². The van der Waals surface area contributed by atoms with E-state index < -0.39 is 0 Å². The monoisotopic (exact) mass is 428 g/mol. The van der Waals surface area contributed by atoms with Crippen molar-refractivity contribution >= 4 is 46.2 Å². The molecule has 7 N–H and O–H groups in total. The first kappa shape index (κ1) is 18.7. The number of nitrogen functional groups attached to an aromatic ring is 3. The van der Waals surface area contributed by atoms with E-state index in [1.54, 1.807) is 6.33 Å². The molecule has 3 aromatic rings. The lowest BCUT2D eigenvalue weighted by atomic mass is 10.1. The normalized spacial score (nSPS) is 20.7. The third-order valence-electron chi connectivity index (χ3n) is 5.18. The van der Waals surface area contributed by atoms with Gasteiger partial charge in [-0.3, -0.25) is 0 Å². The molecule has 30 heavy (non-hydrogen) atoms. The molecule has 0 radical (unpaired) electrons. The maximum absolute atomic E-state index is 5.94. The molecule has 0 aliphatic heterocycles. The van der Waals surface area contributed by atoms with Crippen molar-refractivity contribution in [3.05, 3.63) is 23.6 Å². The van der Waals surface area contributed by atoms with E-state index >= 15 is 0 Å². The summed E-state index contributed by atoms with van der Waals surface area (Å²) in [7, 11) is 0. The number of rotatable bonds is 6. The molecule has 1 fully saturated rings. The maximum Gasteiger partial charge on any atom is 0.243 e. The number of allylic oxidation sites excluding steroid dienone is 1. The smallest absolute Gasteiger partial charge is 0.243 e. The molecule has 0 unspecified atom stereocenters. The molecular formula is C18H21ClN10O. The van der Waals surface area contributed by atoms with E-state index in [2.05, 4.69) is 42.4 Å². The molecule has 0 spiro atoms. The topological polar surface area (TPSA) is 169 Å². The molecule has 1 saturated carbocycles. The van der Waals surface area contributed by atoms with Gasteiger partial charge in [0.1, 0.15) is 5.69 Å². The molecule has 0 bridgehead atoms. The van der Waals surface area contributed by atoms with Crippen LogP contribution in [-0.2, 0) is 0 Å². The van der Waals surface area contributed by atoms with Crippen LogP contribution in [0.4, 0.5) is 23.4 Å². The zero-order valence-electron chi connectivity index (χ0n) is 16.0. The second-order valence-electron chi connectivity index (χ2n) is 7.52. The summed E-state index contributed by atoms with van der Waals surface area (Å²) in [6.45, 7) is 0.377. The quantitative estimate of drug-likeness (QED) is 0.335. The van der Waals surface area contributed by atoms with Crippen molar-refractivity contribution in [2.24, 2.45) is 5.92 Å². The molecule has 156 valence electrons. The molecular weight excluding hydrogens is 408 g/mol. The van der Waals surface area contributed by atoms with Crippen LogP contribution in [0.3, 0.4) is 0 Å². The Morgan fingerprint density at radius 1 is 1.10 bits per heavy atom. The number of nitrogens with two attached hydrogens (primary N) is 3.